The van der Waals surface area contributed by atoms with Crippen molar-refractivity contribution < 1.29 is 8.83 Å². The van der Waals surface area contributed by atoms with E-state index in [1.165, 1.54) is 21.9 Å². The molecule has 4 heterocycles. The monoisotopic (exact) mass is 888 g/mol. The van der Waals surface area contributed by atoms with Gasteiger partial charge in [-0.05, 0) is 109 Å². The van der Waals surface area contributed by atoms with E-state index < -0.39 is 0 Å². The number of aryl methyl sites for hydroxylation is 1. The van der Waals surface area contributed by atoms with Gasteiger partial charge in [-0.25, -0.2) is 15.0 Å². The number of aromatic nitrogens is 4. The van der Waals surface area contributed by atoms with E-state index in [2.05, 4.69) is 200 Å². The van der Waals surface area contributed by atoms with Gasteiger partial charge in [0.2, 0.25) is 0 Å². The van der Waals surface area contributed by atoms with Crippen molar-refractivity contribution in [3.05, 3.63) is 229 Å². The van der Waals surface area contributed by atoms with Crippen molar-refractivity contribution >= 4 is 66.4 Å². The van der Waals surface area contributed by atoms with Crippen LogP contribution in [0.5, 0.6) is 0 Å². The lowest BCUT2D eigenvalue weighted by atomic mass is 9.88. The van der Waals surface area contributed by atoms with Gasteiger partial charge in [-0.15, -0.1) is 0 Å². The Balaban J connectivity index is 0.965. The molecule has 1 atom stereocenters. The average molecular weight is 889 g/mol. The Morgan fingerprint density at radius 3 is 2.07 bits per heavy atom. The highest BCUT2D eigenvalue weighted by Gasteiger charge is 2.21. The van der Waals surface area contributed by atoms with Crippen LogP contribution in [0.3, 0.4) is 0 Å². The van der Waals surface area contributed by atoms with Gasteiger partial charge in [0.1, 0.15) is 22.5 Å². The minimum Gasteiger partial charge on any atom is -0.456 e. The fourth-order valence-corrected chi connectivity index (χ4v) is 10.2. The van der Waals surface area contributed by atoms with E-state index in [1.807, 2.05) is 31.2 Å². The average Bonchev–Trinajstić information content (AvgIpc) is 4.07. The number of nitrogens with zero attached hydrogens (tertiary/aromatic N) is 4. The standard InChI is InChI=1S/C63H44N4O2/c1-39(33-58-40(2)49-23-13-15-28-57(49)68-58)61-64-62(66-63(65-61)47-35-45(41-17-6-3-7-18-41)34-46(36-47)42-19-8-4-9-20-42)44-30-32-53-54-26-16-25-50(60(54)69-59(53)38-44)43-29-31-52-51-24-12-14-27-55(51)67(56(52)37-43)48-21-10-5-11-22-48/h3-19,21-38,42H,20H2,1-2H3/b39-33+. The van der Waals surface area contributed by atoms with E-state index >= 15 is 0 Å². The summed E-state index contributed by atoms with van der Waals surface area (Å²) < 4.78 is 15.7. The van der Waals surface area contributed by atoms with Crippen LogP contribution < -0.4 is 0 Å². The highest BCUT2D eigenvalue weighted by molar-refractivity contribution is 6.13. The quantitative estimate of drug-likeness (QED) is 0.152. The van der Waals surface area contributed by atoms with Crippen molar-refractivity contribution in [3.63, 3.8) is 0 Å². The van der Waals surface area contributed by atoms with Gasteiger partial charge in [0.05, 0.1) is 11.0 Å². The Morgan fingerprint density at radius 1 is 0.536 bits per heavy atom. The third kappa shape index (κ3) is 7.08. The largest absolute Gasteiger partial charge is 0.456 e. The first-order chi connectivity index (χ1) is 34.0. The topological polar surface area (TPSA) is 69.9 Å². The van der Waals surface area contributed by atoms with Crippen LogP contribution in [-0.4, -0.2) is 19.5 Å². The van der Waals surface area contributed by atoms with Crippen molar-refractivity contribution in [2.24, 2.45) is 0 Å². The number of furan rings is 2. The summed E-state index contributed by atoms with van der Waals surface area (Å²) in [4.78, 5) is 15.7. The molecule has 0 radical (unpaired) electrons. The number of hydrogen-bond acceptors (Lipinski definition) is 5. The summed E-state index contributed by atoms with van der Waals surface area (Å²) in [5.74, 6) is 2.72. The summed E-state index contributed by atoms with van der Waals surface area (Å²) in [6, 6.07) is 64.1. The Hall–Kier alpha value is -8.87. The zero-order valence-electron chi connectivity index (χ0n) is 38.1. The van der Waals surface area contributed by atoms with E-state index in [1.54, 1.807) is 0 Å². The molecule has 8 aromatic carbocycles. The van der Waals surface area contributed by atoms with E-state index in [0.29, 0.717) is 17.5 Å². The predicted octanol–water partition coefficient (Wildman–Crippen LogP) is 16.8. The number of rotatable bonds is 8. The lowest BCUT2D eigenvalue weighted by Gasteiger charge is -2.17. The maximum atomic E-state index is 6.93. The molecule has 12 aromatic rings. The number of para-hydroxylation sites is 4. The second-order valence-corrected chi connectivity index (χ2v) is 18.0. The van der Waals surface area contributed by atoms with Gasteiger partial charge in [0.25, 0.3) is 0 Å². The minimum atomic E-state index is 0.229. The van der Waals surface area contributed by atoms with Crippen LogP contribution in [0, 0.1) is 6.92 Å². The Labute approximate surface area is 398 Å². The Morgan fingerprint density at radius 2 is 1.25 bits per heavy atom. The first-order valence-corrected chi connectivity index (χ1v) is 23.5. The molecule has 6 heteroatoms. The molecule has 1 unspecified atom stereocenters. The third-order valence-electron chi connectivity index (χ3n) is 13.7. The highest BCUT2D eigenvalue weighted by atomic mass is 16.3. The van der Waals surface area contributed by atoms with Gasteiger partial charge in [0, 0.05) is 60.8 Å². The molecule has 0 saturated carbocycles. The van der Waals surface area contributed by atoms with Crippen LogP contribution in [0.2, 0.25) is 0 Å². The molecule has 0 bridgehead atoms. The minimum absolute atomic E-state index is 0.229. The summed E-state index contributed by atoms with van der Waals surface area (Å²) in [6.45, 7) is 4.14. The van der Waals surface area contributed by atoms with E-state index in [9.17, 15) is 0 Å². The number of benzene rings is 8. The molecule has 0 saturated heterocycles. The number of hydrogen-bond donors (Lipinski definition) is 0. The second kappa shape index (κ2) is 16.5. The second-order valence-electron chi connectivity index (χ2n) is 18.0. The maximum absolute atomic E-state index is 6.93. The normalized spacial score (nSPS) is 14.0. The first-order valence-electron chi connectivity index (χ1n) is 23.5. The molecule has 0 aliphatic heterocycles. The molecule has 6 nitrogen and oxygen atoms in total. The van der Waals surface area contributed by atoms with Gasteiger partial charge < -0.3 is 13.4 Å². The van der Waals surface area contributed by atoms with Crippen LogP contribution >= 0.6 is 0 Å². The predicted molar refractivity (Wildman–Crippen MR) is 283 cm³/mol. The molecule has 69 heavy (non-hydrogen) atoms. The SMILES string of the molecule is C/C(=C\c1oc2ccccc2c1C)c1nc(-c2cc(-c3ccccc3)cc(C3C=CC=CC3)c2)nc(-c2ccc3c(c2)oc2c(-c4ccc5c6ccccc6n(-c6ccccc6)c5c4)cccc23)n1. The van der Waals surface area contributed by atoms with E-state index in [-0.39, 0.29) is 5.92 Å². The number of allylic oxidation sites excluding steroid dienone is 5. The van der Waals surface area contributed by atoms with E-state index in [4.69, 9.17) is 23.8 Å². The summed E-state index contributed by atoms with van der Waals surface area (Å²) in [7, 11) is 0. The highest BCUT2D eigenvalue weighted by Crippen LogP contribution is 2.41. The van der Waals surface area contributed by atoms with Gasteiger partial charge in [-0.2, -0.15) is 0 Å². The molecule has 0 fully saturated rings. The maximum Gasteiger partial charge on any atom is 0.164 e. The van der Waals surface area contributed by atoms with Gasteiger partial charge in [-0.1, -0.05) is 152 Å². The molecule has 13 rings (SSSR count). The van der Waals surface area contributed by atoms with Crippen LogP contribution in [0.15, 0.2) is 215 Å². The third-order valence-corrected chi connectivity index (χ3v) is 13.7. The fraction of sp³-hybridized carbons (Fsp3) is 0.0635. The van der Waals surface area contributed by atoms with Gasteiger partial charge in [0.15, 0.2) is 17.5 Å². The van der Waals surface area contributed by atoms with Crippen LogP contribution in [0.4, 0.5) is 0 Å². The van der Waals surface area contributed by atoms with E-state index in [0.717, 1.165) is 101 Å². The molecule has 1 aliphatic carbocycles. The van der Waals surface area contributed by atoms with Crippen LogP contribution in [0.25, 0.3) is 117 Å². The van der Waals surface area contributed by atoms with Gasteiger partial charge in [-0.3, -0.25) is 0 Å². The number of fused-ring (bicyclic) bond motifs is 7. The smallest absolute Gasteiger partial charge is 0.164 e. The zero-order valence-corrected chi connectivity index (χ0v) is 38.1. The summed E-state index contributed by atoms with van der Waals surface area (Å²) in [5.41, 5.74) is 15.1. The van der Waals surface area contributed by atoms with Crippen molar-refractivity contribution in [1.29, 1.82) is 0 Å². The molecule has 328 valence electrons. The fourth-order valence-electron chi connectivity index (χ4n) is 10.2. The molecule has 1 aliphatic rings. The first kappa shape index (κ1) is 40.4. The zero-order chi connectivity index (χ0) is 46.0. The summed E-state index contributed by atoms with van der Waals surface area (Å²) >= 11 is 0. The van der Waals surface area contributed by atoms with Crippen molar-refractivity contribution in [2.45, 2.75) is 26.2 Å². The molecular formula is C63H44N4O2. The molecule has 0 spiro atoms. The lowest BCUT2D eigenvalue weighted by molar-refractivity contribution is 0.601. The molecule has 4 aromatic heterocycles. The van der Waals surface area contributed by atoms with Crippen LogP contribution in [-0.2, 0) is 0 Å². The Bertz CT molecular complexity index is 4070. The van der Waals surface area contributed by atoms with Crippen molar-refractivity contribution in [2.75, 3.05) is 0 Å². The van der Waals surface area contributed by atoms with Crippen molar-refractivity contribution in [1.82, 2.24) is 19.5 Å². The van der Waals surface area contributed by atoms with Crippen LogP contribution in [0.1, 0.15) is 42.0 Å². The summed E-state index contributed by atoms with van der Waals surface area (Å²) in [5, 5.41) is 5.59. The molecular weight excluding hydrogens is 845 g/mol. The Kier molecular flexibility index (Phi) is 9.65. The lowest BCUT2D eigenvalue weighted by Crippen LogP contribution is -2.03. The summed E-state index contributed by atoms with van der Waals surface area (Å²) in [6.07, 6.45) is 11.7. The molecule has 0 amide bonds. The van der Waals surface area contributed by atoms with Crippen molar-refractivity contribution in [3.8, 4) is 50.7 Å². The van der Waals surface area contributed by atoms with Gasteiger partial charge >= 0.3 is 0 Å². The molecule has 0 N–H and O–H groups in total.